The summed E-state index contributed by atoms with van der Waals surface area (Å²) in [5.74, 6) is 2.68. The van der Waals surface area contributed by atoms with Crippen molar-refractivity contribution < 1.29 is 0 Å². The fraction of sp³-hybridized carbons (Fsp3) is 0.476. The minimum absolute atomic E-state index is 0.503. The SMILES string of the molecule is CCn1c(Cn2ccnc2)nnc1C1CCN(Cc2ccc(C)cc2)CC1. The van der Waals surface area contributed by atoms with Crippen LogP contribution < -0.4 is 0 Å². The summed E-state index contributed by atoms with van der Waals surface area (Å²) in [6.45, 7) is 9.23. The molecular weight excluding hydrogens is 336 g/mol. The van der Waals surface area contributed by atoms with Gasteiger partial charge in [-0.3, -0.25) is 4.90 Å². The first-order valence-corrected chi connectivity index (χ1v) is 9.88. The molecule has 0 saturated carbocycles. The average Bonchev–Trinajstić information content (AvgIpc) is 3.34. The molecule has 0 N–H and O–H groups in total. The number of hydrogen-bond donors (Lipinski definition) is 0. The van der Waals surface area contributed by atoms with Gasteiger partial charge in [-0.1, -0.05) is 29.8 Å². The number of hydrogen-bond acceptors (Lipinski definition) is 4. The lowest BCUT2D eigenvalue weighted by Gasteiger charge is -2.31. The van der Waals surface area contributed by atoms with Crippen molar-refractivity contribution in [2.45, 2.75) is 52.2 Å². The van der Waals surface area contributed by atoms with Gasteiger partial charge in [0.25, 0.3) is 0 Å². The molecule has 0 spiro atoms. The number of aromatic nitrogens is 5. The van der Waals surface area contributed by atoms with E-state index in [0.717, 1.165) is 57.2 Å². The van der Waals surface area contributed by atoms with Crippen LogP contribution in [-0.4, -0.2) is 42.3 Å². The summed E-state index contributed by atoms with van der Waals surface area (Å²) < 4.78 is 4.34. The minimum Gasteiger partial charge on any atom is -0.330 e. The molecule has 3 aromatic rings. The smallest absolute Gasteiger partial charge is 0.153 e. The first-order valence-electron chi connectivity index (χ1n) is 9.88. The lowest BCUT2D eigenvalue weighted by molar-refractivity contribution is 0.200. The van der Waals surface area contributed by atoms with E-state index < -0.39 is 0 Å². The van der Waals surface area contributed by atoms with E-state index in [1.807, 2.05) is 17.1 Å². The predicted octanol–water partition coefficient (Wildman–Crippen LogP) is 3.23. The van der Waals surface area contributed by atoms with Gasteiger partial charge in [0.05, 0.1) is 12.9 Å². The van der Waals surface area contributed by atoms with E-state index in [-0.39, 0.29) is 0 Å². The quantitative estimate of drug-likeness (QED) is 0.674. The van der Waals surface area contributed by atoms with Crippen LogP contribution in [0.2, 0.25) is 0 Å². The molecule has 0 radical (unpaired) electrons. The van der Waals surface area contributed by atoms with E-state index in [1.165, 1.54) is 11.1 Å². The third kappa shape index (κ3) is 4.11. The zero-order valence-electron chi connectivity index (χ0n) is 16.3. The summed E-state index contributed by atoms with van der Waals surface area (Å²) >= 11 is 0. The molecule has 0 amide bonds. The van der Waals surface area contributed by atoms with Crippen LogP contribution in [0.15, 0.2) is 43.0 Å². The molecule has 0 aliphatic carbocycles. The van der Waals surface area contributed by atoms with Gasteiger partial charge in [0.15, 0.2) is 5.82 Å². The van der Waals surface area contributed by atoms with Crippen LogP contribution in [0.1, 0.15) is 48.5 Å². The van der Waals surface area contributed by atoms with Crippen molar-refractivity contribution in [3.63, 3.8) is 0 Å². The zero-order chi connectivity index (χ0) is 18.6. The summed E-state index contributed by atoms with van der Waals surface area (Å²) in [5, 5.41) is 9.05. The highest BCUT2D eigenvalue weighted by Gasteiger charge is 2.25. The lowest BCUT2D eigenvalue weighted by atomic mass is 9.95. The minimum atomic E-state index is 0.503. The molecule has 142 valence electrons. The van der Waals surface area contributed by atoms with Gasteiger partial charge in [0.2, 0.25) is 0 Å². The number of nitrogens with zero attached hydrogens (tertiary/aromatic N) is 6. The van der Waals surface area contributed by atoms with Crippen LogP contribution >= 0.6 is 0 Å². The van der Waals surface area contributed by atoms with E-state index in [2.05, 4.69) is 62.8 Å². The van der Waals surface area contributed by atoms with Crippen LogP contribution in [0.25, 0.3) is 0 Å². The van der Waals surface area contributed by atoms with Gasteiger partial charge >= 0.3 is 0 Å². The maximum Gasteiger partial charge on any atom is 0.153 e. The highest BCUT2D eigenvalue weighted by atomic mass is 15.3. The zero-order valence-corrected chi connectivity index (χ0v) is 16.3. The van der Waals surface area contributed by atoms with Gasteiger partial charge in [0.1, 0.15) is 5.82 Å². The number of piperidine rings is 1. The predicted molar refractivity (Wildman–Crippen MR) is 105 cm³/mol. The largest absolute Gasteiger partial charge is 0.330 e. The third-order valence-corrected chi connectivity index (χ3v) is 5.53. The molecule has 1 aromatic carbocycles. The van der Waals surface area contributed by atoms with Crippen LogP contribution in [0, 0.1) is 6.92 Å². The number of likely N-dealkylation sites (tertiary alicyclic amines) is 1. The van der Waals surface area contributed by atoms with Crippen molar-refractivity contribution in [2.75, 3.05) is 13.1 Å². The van der Waals surface area contributed by atoms with Crippen molar-refractivity contribution >= 4 is 0 Å². The van der Waals surface area contributed by atoms with Crippen LogP contribution in [-0.2, 0) is 19.6 Å². The van der Waals surface area contributed by atoms with Gasteiger partial charge < -0.3 is 9.13 Å². The Labute approximate surface area is 160 Å². The fourth-order valence-corrected chi connectivity index (χ4v) is 3.96. The van der Waals surface area contributed by atoms with Crippen molar-refractivity contribution in [1.82, 2.24) is 29.2 Å². The highest BCUT2D eigenvalue weighted by molar-refractivity contribution is 5.21. The number of rotatable bonds is 6. The fourth-order valence-electron chi connectivity index (χ4n) is 3.96. The summed E-state index contributed by atoms with van der Waals surface area (Å²) in [7, 11) is 0. The van der Waals surface area contributed by atoms with Gasteiger partial charge in [-0.15, -0.1) is 10.2 Å². The lowest BCUT2D eigenvalue weighted by Crippen LogP contribution is -2.33. The standard InChI is InChI=1S/C21H28N6/c1-3-27-20(15-26-13-10-22-16-26)23-24-21(27)19-8-11-25(12-9-19)14-18-6-4-17(2)5-7-18/h4-7,10,13,16,19H,3,8-9,11-12,14-15H2,1-2H3. The summed E-state index contributed by atoms with van der Waals surface area (Å²) in [5.41, 5.74) is 2.72. The Bertz CT molecular complexity index is 841. The maximum atomic E-state index is 4.57. The third-order valence-electron chi connectivity index (χ3n) is 5.53. The molecule has 4 rings (SSSR count). The molecule has 0 bridgehead atoms. The Morgan fingerprint density at radius 2 is 1.81 bits per heavy atom. The van der Waals surface area contributed by atoms with Gasteiger partial charge in [-0.25, -0.2) is 4.98 Å². The summed E-state index contributed by atoms with van der Waals surface area (Å²) in [6, 6.07) is 8.90. The molecule has 1 aliphatic heterocycles. The molecule has 1 saturated heterocycles. The number of imidazole rings is 1. The molecule has 3 heterocycles. The molecule has 6 heteroatoms. The van der Waals surface area contributed by atoms with Crippen molar-refractivity contribution in [2.24, 2.45) is 0 Å². The molecule has 1 aliphatic rings. The van der Waals surface area contributed by atoms with Gasteiger partial charge in [-0.05, 0) is 45.3 Å². The highest BCUT2D eigenvalue weighted by Crippen LogP contribution is 2.28. The second-order valence-corrected chi connectivity index (χ2v) is 7.49. The van der Waals surface area contributed by atoms with E-state index in [1.54, 1.807) is 6.20 Å². The summed E-state index contributed by atoms with van der Waals surface area (Å²) in [4.78, 5) is 6.67. The molecular formula is C21H28N6. The van der Waals surface area contributed by atoms with Gasteiger partial charge in [0, 0.05) is 31.4 Å². The Balaban J connectivity index is 1.39. The van der Waals surface area contributed by atoms with E-state index in [0.29, 0.717) is 5.92 Å². The average molecular weight is 364 g/mol. The second-order valence-electron chi connectivity index (χ2n) is 7.49. The molecule has 0 unspecified atom stereocenters. The summed E-state index contributed by atoms with van der Waals surface area (Å²) in [6.07, 6.45) is 7.90. The Kier molecular flexibility index (Phi) is 5.34. The van der Waals surface area contributed by atoms with Crippen molar-refractivity contribution in [3.8, 4) is 0 Å². The Morgan fingerprint density at radius 3 is 2.48 bits per heavy atom. The normalized spacial score (nSPS) is 16.1. The van der Waals surface area contributed by atoms with Crippen molar-refractivity contribution in [3.05, 3.63) is 65.8 Å². The second kappa shape index (κ2) is 8.05. The Morgan fingerprint density at radius 1 is 1.04 bits per heavy atom. The molecule has 27 heavy (non-hydrogen) atoms. The topological polar surface area (TPSA) is 51.8 Å². The molecule has 2 aromatic heterocycles. The van der Waals surface area contributed by atoms with Crippen LogP contribution in [0.4, 0.5) is 0 Å². The van der Waals surface area contributed by atoms with Gasteiger partial charge in [-0.2, -0.15) is 0 Å². The first kappa shape index (κ1) is 17.9. The van der Waals surface area contributed by atoms with Crippen LogP contribution in [0.3, 0.4) is 0 Å². The first-order chi connectivity index (χ1) is 13.2. The monoisotopic (exact) mass is 364 g/mol. The number of aryl methyl sites for hydroxylation is 1. The van der Waals surface area contributed by atoms with E-state index in [9.17, 15) is 0 Å². The molecule has 0 atom stereocenters. The van der Waals surface area contributed by atoms with E-state index in [4.69, 9.17) is 0 Å². The van der Waals surface area contributed by atoms with Crippen LogP contribution in [0.5, 0.6) is 0 Å². The number of benzene rings is 1. The maximum absolute atomic E-state index is 4.57. The Hall–Kier alpha value is -2.47. The van der Waals surface area contributed by atoms with E-state index >= 15 is 0 Å². The molecule has 1 fully saturated rings. The van der Waals surface area contributed by atoms with Crippen molar-refractivity contribution in [1.29, 1.82) is 0 Å². The molecule has 6 nitrogen and oxygen atoms in total.